The second-order valence-corrected chi connectivity index (χ2v) is 5.33. The molecular weight excluding hydrogens is 260 g/mol. The Balaban J connectivity index is 1.85. The fourth-order valence-corrected chi connectivity index (χ4v) is 2.25. The number of H-pyrrole nitrogens is 1. The lowest BCUT2D eigenvalue weighted by Crippen LogP contribution is -2.06. The Morgan fingerprint density at radius 1 is 1.14 bits per heavy atom. The summed E-state index contributed by atoms with van der Waals surface area (Å²) in [7, 11) is 0. The highest BCUT2D eigenvalue weighted by Crippen LogP contribution is 2.21. The number of aromatic amines is 1. The molecule has 3 heteroatoms. The Morgan fingerprint density at radius 3 is 2.81 bits per heavy atom. The van der Waals surface area contributed by atoms with Crippen LogP contribution in [0.25, 0.3) is 22.4 Å². The Labute approximate surface area is 125 Å². The first-order valence-corrected chi connectivity index (χ1v) is 7.42. The number of nitrogens with one attached hydrogen (secondary N) is 1. The number of rotatable bonds is 5. The quantitative estimate of drug-likeness (QED) is 0.744. The van der Waals surface area contributed by atoms with E-state index >= 15 is 0 Å². The molecule has 1 atom stereocenters. The van der Waals surface area contributed by atoms with Gasteiger partial charge in [0.2, 0.25) is 0 Å². The summed E-state index contributed by atoms with van der Waals surface area (Å²) in [6, 6.07) is 16.4. The predicted molar refractivity (Wildman–Crippen MR) is 86.1 cm³/mol. The van der Waals surface area contributed by atoms with Crippen LogP contribution in [0.1, 0.15) is 25.8 Å². The molecule has 1 N–H and O–H groups in total. The number of hydrogen-bond donors (Lipinski definition) is 1. The van der Waals surface area contributed by atoms with Gasteiger partial charge in [0.05, 0.1) is 23.7 Å². The molecule has 0 aliphatic heterocycles. The molecule has 0 bridgehead atoms. The van der Waals surface area contributed by atoms with E-state index in [0.29, 0.717) is 12.7 Å². The molecule has 0 spiro atoms. The molecule has 0 aliphatic rings. The fraction of sp³-hybridized carbons (Fsp3) is 0.278. The van der Waals surface area contributed by atoms with Gasteiger partial charge in [0.1, 0.15) is 5.82 Å². The van der Waals surface area contributed by atoms with Crippen LogP contribution < -0.4 is 0 Å². The van der Waals surface area contributed by atoms with Crippen LogP contribution >= 0.6 is 0 Å². The predicted octanol–water partition coefficient (Wildman–Crippen LogP) is 4.55. The average Bonchev–Trinajstić information content (AvgIpc) is 2.97. The second kappa shape index (κ2) is 6.10. The summed E-state index contributed by atoms with van der Waals surface area (Å²) < 4.78 is 5.80. The van der Waals surface area contributed by atoms with E-state index in [-0.39, 0.29) is 0 Å². The van der Waals surface area contributed by atoms with Gasteiger partial charge in [-0.1, -0.05) is 37.3 Å². The summed E-state index contributed by atoms with van der Waals surface area (Å²) in [5, 5.41) is 0. The molecule has 0 fully saturated rings. The Morgan fingerprint density at radius 2 is 2.00 bits per heavy atom. The van der Waals surface area contributed by atoms with E-state index in [1.54, 1.807) is 0 Å². The summed E-state index contributed by atoms with van der Waals surface area (Å²) in [5.41, 5.74) is 4.33. The minimum Gasteiger partial charge on any atom is -0.374 e. The Bertz CT molecular complexity index is 700. The molecular formula is C18H20N2O. The molecule has 0 aliphatic carbocycles. The van der Waals surface area contributed by atoms with Gasteiger partial charge >= 0.3 is 0 Å². The lowest BCUT2D eigenvalue weighted by Gasteiger charge is -2.10. The highest BCUT2D eigenvalue weighted by atomic mass is 16.5. The Hall–Kier alpha value is -2.13. The fourth-order valence-electron chi connectivity index (χ4n) is 2.25. The van der Waals surface area contributed by atoms with E-state index in [4.69, 9.17) is 4.74 Å². The van der Waals surface area contributed by atoms with Gasteiger partial charge in [0.25, 0.3) is 0 Å². The molecule has 3 nitrogen and oxygen atoms in total. The van der Waals surface area contributed by atoms with E-state index < -0.39 is 0 Å². The number of para-hydroxylation sites is 2. The molecule has 1 aromatic heterocycles. The van der Waals surface area contributed by atoms with Crippen molar-refractivity contribution in [2.75, 3.05) is 0 Å². The zero-order chi connectivity index (χ0) is 14.7. The SMILES string of the molecule is CCC(C)OCc1cccc(-c2nc3ccccc3[nH]2)c1. The molecule has 0 saturated heterocycles. The standard InChI is InChI=1S/C18H20N2O/c1-3-13(2)21-12-14-7-6-8-15(11-14)18-19-16-9-4-5-10-17(16)20-18/h4-11,13H,3,12H2,1-2H3,(H,19,20). The maximum atomic E-state index is 5.80. The average molecular weight is 280 g/mol. The van der Waals surface area contributed by atoms with Crippen molar-refractivity contribution in [1.29, 1.82) is 0 Å². The third-order valence-corrected chi connectivity index (χ3v) is 3.70. The van der Waals surface area contributed by atoms with Crippen molar-refractivity contribution in [2.45, 2.75) is 33.0 Å². The number of fused-ring (bicyclic) bond motifs is 1. The summed E-state index contributed by atoms with van der Waals surface area (Å²) >= 11 is 0. The highest BCUT2D eigenvalue weighted by Gasteiger charge is 2.06. The van der Waals surface area contributed by atoms with Crippen molar-refractivity contribution in [3.63, 3.8) is 0 Å². The van der Waals surface area contributed by atoms with Gasteiger partial charge in [-0.15, -0.1) is 0 Å². The van der Waals surface area contributed by atoms with Crippen molar-refractivity contribution >= 4 is 11.0 Å². The number of imidazole rings is 1. The lowest BCUT2D eigenvalue weighted by atomic mass is 10.1. The smallest absolute Gasteiger partial charge is 0.138 e. The van der Waals surface area contributed by atoms with Crippen LogP contribution in [0.2, 0.25) is 0 Å². The first-order chi connectivity index (χ1) is 10.3. The van der Waals surface area contributed by atoms with E-state index in [0.717, 1.165) is 28.8 Å². The van der Waals surface area contributed by atoms with Crippen molar-refractivity contribution in [2.24, 2.45) is 0 Å². The van der Waals surface area contributed by atoms with Crippen LogP contribution in [0.4, 0.5) is 0 Å². The van der Waals surface area contributed by atoms with Gasteiger partial charge in [-0.3, -0.25) is 0 Å². The monoisotopic (exact) mass is 280 g/mol. The molecule has 0 amide bonds. The topological polar surface area (TPSA) is 37.9 Å². The molecule has 0 saturated carbocycles. The molecule has 21 heavy (non-hydrogen) atoms. The number of hydrogen-bond acceptors (Lipinski definition) is 2. The lowest BCUT2D eigenvalue weighted by molar-refractivity contribution is 0.0509. The van der Waals surface area contributed by atoms with E-state index in [1.165, 1.54) is 5.56 Å². The van der Waals surface area contributed by atoms with E-state index in [1.807, 2.05) is 24.3 Å². The summed E-state index contributed by atoms with van der Waals surface area (Å²) in [4.78, 5) is 8.00. The minimum atomic E-state index is 0.292. The van der Waals surface area contributed by atoms with E-state index in [2.05, 4.69) is 48.1 Å². The van der Waals surface area contributed by atoms with Crippen LogP contribution in [0.3, 0.4) is 0 Å². The molecule has 3 rings (SSSR count). The summed E-state index contributed by atoms with van der Waals surface area (Å²) in [5.74, 6) is 0.904. The molecule has 108 valence electrons. The first kappa shape index (κ1) is 13.8. The number of ether oxygens (including phenoxy) is 1. The maximum absolute atomic E-state index is 5.80. The van der Waals surface area contributed by atoms with Crippen LogP contribution in [0.15, 0.2) is 48.5 Å². The maximum Gasteiger partial charge on any atom is 0.138 e. The van der Waals surface area contributed by atoms with Crippen LogP contribution in [0, 0.1) is 0 Å². The third-order valence-electron chi connectivity index (χ3n) is 3.70. The summed E-state index contributed by atoms with van der Waals surface area (Å²) in [6.07, 6.45) is 1.32. The minimum absolute atomic E-state index is 0.292. The van der Waals surface area contributed by atoms with Gasteiger partial charge in [-0.05, 0) is 37.1 Å². The van der Waals surface area contributed by atoms with Crippen LogP contribution in [0.5, 0.6) is 0 Å². The van der Waals surface area contributed by atoms with Crippen LogP contribution in [-0.2, 0) is 11.3 Å². The zero-order valence-corrected chi connectivity index (χ0v) is 12.5. The first-order valence-electron chi connectivity index (χ1n) is 7.42. The molecule has 1 unspecified atom stereocenters. The van der Waals surface area contributed by atoms with Crippen LogP contribution in [-0.4, -0.2) is 16.1 Å². The van der Waals surface area contributed by atoms with Crippen molar-refractivity contribution in [1.82, 2.24) is 9.97 Å². The van der Waals surface area contributed by atoms with Crippen molar-refractivity contribution in [3.05, 3.63) is 54.1 Å². The van der Waals surface area contributed by atoms with Gasteiger partial charge in [0, 0.05) is 5.56 Å². The summed E-state index contributed by atoms with van der Waals surface area (Å²) in [6.45, 7) is 4.88. The second-order valence-electron chi connectivity index (χ2n) is 5.33. The van der Waals surface area contributed by atoms with E-state index in [9.17, 15) is 0 Å². The zero-order valence-electron chi connectivity index (χ0n) is 12.5. The largest absolute Gasteiger partial charge is 0.374 e. The van der Waals surface area contributed by atoms with Crippen molar-refractivity contribution in [3.8, 4) is 11.4 Å². The van der Waals surface area contributed by atoms with Gasteiger partial charge in [0.15, 0.2) is 0 Å². The van der Waals surface area contributed by atoms with Crippen molar-refractivity contribution < 1.29 is 4.74 Å². The molecule has 1 heterocycles. The van der Waals surface area contributed by atoms with Gasteiger partial charge in [-0.2, -0.15) is 0 Å². The Kier molecular flexibility index (Phi) is 4.02. The van der Waals surface area contributed by atoms with Gasteiger partial charge < -0.3 is 9.72 Å². The molecule has 2 aromatic carbocycles. The van der Waals surface area contributed by atoms with Gasteiger partial charge in [-0.25, -0.2) is 4.98 Å². The molecule has 0 radical (unpaired) electrons. The highest BCUT2D eigenvalue weighted by molar-refractivity contribution is 5.79. The molecule has 3 aromatic rings. The normalized spacial score (nSPS) is 12.7. The third kappa shape index (κ3) is 3.14. The number of benzene rings is 2. The number of aromatic nitrogens is 2. The number of nitrogens with zero attached hydrogens (tertiary/aromatic N) is 1.